The highest BCUT2D eigenvalue weighted by Gasteiger charge is 2.10. The highest BCUT2D eigenvalue weighted by molar-refractivity contribution is 5.37. The molecule has 0 aromatic heterocycles. The highest BCUT2D eigenvalue weighted by Crippen LogP contribution is 2.20. The van der Waals surface area contributed by atoms with Crippen LogP contribution in [0.2, 0.25) is 0 Å². The van der Waals surface area contributed by atoms with Crippen LogP contribution in [0.3, 0.4) is 0 Å². The Morgan fingerprint density at radius 3 is 2.46 bits per heavy atom. The van der Waals surface area contributed by atoms with Crippen LogP contribution < -0.4 is 0 Å². The summed E-state index contributed by atoms with van der Waals surface area (Å²) in [5.74, 6) is 0. The second kappa shape index (κ2) is 4.63. The van der Waals surface area contributed by atoms with Crippen molar-refractivity contribution in [2.75, 3.05) is 0 Å². The monoisotopic (exact) mass is 173 g/mol. The van der Waals surface area contributed by atoms with Crippen molar-refractivity contribution in [3.8, 4) is 0 Å². The van der Waals surface area contributed by atoms with Gasteiger partial charge in [-0.15, -0.1) is 6.58 Å². The van der Waals surface area contributed by atoms with Gasteiger partial charge < -0.3 is 5.11 Å². The molecule has 67 valence electrons. The predicted octanol–water partition coefficient (Wildman–Crippen LogP) is 3.07. The molecule has 1 nitrogen and oxygen atoms in total. The van der Waals surface area contributed by atoms with E-state index in [0.29, 0.717) is 12.0 Å². The molecule has 13 heavy (non-hydrogen) atoms. The fourth-order valence-electron chi connectivity index (χ4n) is 1.07. The minimum absolute atomic E-state index is 0.250. The molecule has 0 aliphatic carbocycles. The van der Waals surface area contributed by atoms with Gasteiger partial charge in [-0.25, -0.2) is 0 Å². The number of hydrogen-bond acceptors (Lipinski definition) is 1. The normalized spacial score (nSPS) is 10.0. The van der Waals surface area contributed by atoms with Crippen LogP contribution in [0.25, 0.3) is 0 Å². The SMILES string of the molecule is C=CCC(=C)[C](O)c1ccccc1. The smallest absolute Gasteiger partial charge is 0.147 e. The Morgan fingerprint density at radius 2 is 1.92 bits per heavy atom. The second-order valence-corrected chi connectivity index (χ2v) is 2.81. The van der Waals surface area contributed by atoms with Crippen LogP contribution in [0.15, 0.2) is 55.1 Å². The van der Waals surface area contributed by atoms with Gasteiger partial charge in [0.05, 0.1) is 0 Å². The lowest BCUT2D eigenvalue weighted by atomic mass is 10.0. The molecule has 0 amide bonds. The van der Waals surface area contributed by atoms with Crippen molar-refractivity contribution < 1.29 is 5.11 Å². The molecule has 0 fully saturated rings. The van der Waals surface area contributed by atoms with E-state index in [9.17, 15) is 5.11 Å². The molecule has 0 unspecified atom stereocenters. The van der Waals surface area contributed by atoms with Gasteiger partial charge in [-0.3, -0.25) is 0 Å². The molecule has 0 aliphatic rings. The first kappa shape index (κ1) is 9.75. The quantitative estimate of drug-likeness (QED) is 0.694. The zero-order valence-electron chi connectivity index (χ0n) is 7.53. The van der Waals surface area contributed by atoms with Crippen molar-refractivity contribution in [2.45, 2.75) is 6.42 Å². The van der Waals surface area contributed by atoms with E-state index >= 15 is 0 Å². The molecular formula is C12H13O. The van der Waals surface area contributed by atoms with Crippen molar-refractivity contribution in [3.63, 3.8) is 0 Å². The van der Waals surface area contributed by atoms with Crippen molar-refractivity contribution in [3.05, 3.63) is 66.8 Å². The number of allylic oxidation sites excluding steroid dienone is 1. The van der Waals surface area contributed by atoms with Crippen LogP contribution in [0.1, 0.15) is 12.0 Å². The summed E-state index contributed by atoms with van der Waals surface area (Å²) in [7, 11) is 0. The third kappa shape index (κ3) is 2.56. The Kier molecular flexibility index (Phi) is 3.47. The molecule has 1 aromatic rings. The van der Waals surface area contributed by atoms with Crippen LogP contribution in [-0.4, -0.2) is 5.11 Å². The molecule has 1 radical (unpaired) electrons. The first-order valence-electron chi connectivity index (χ1n) is 4.16. The summed E-state index contributed by atoms with van der Waals surface area (Å²) in [6.45, 7) is 7.35. The molecule has 1 N–H and O–H groups in total. The molecule has 1 aromatic carbocycles. The lowest BCUT2D eigenvalue weighted by molar-refractivity contribution is 0.351. The lowest BCUT2D eigenvalue weighted by Crippen LogP contribution is -2.00. The van der Waals surface area contributed by atoms with Gasteiger partial charge in [0.15, 0.2) is 0 Å². The number of aliphatic hydroxyl groups excluding tert-OH is 1. The summed E-state index contributed by atoms with van der Waals surface area (Å²) in [6, 6.07) is 9.37. The fraction of sp³-hybridized carbons (Fsp3) is 0.0833. The maximum Gasteiger partial charge on any atom is 0.147 e. The maximum absolute atomic E-state index is 9.69. The van der Waals surface area contributed by atoms with E-state index in [0.717, 1.165) is 5.56 Å². The largest absolute Gasteiger partial charge is 0.377 e. The minimum Gasteiger partial charge on any atom is -0.377 e. The van der Waals surface area contributed by atoms with Crippen molar-refractivity contribution in [2.24, 2.45) is 0 Å². The first-order valence-corrected chi connectivity index (χ1v) is 4.16. The fourth-order valence-corrected chi connectivity index (χ4v) is 1.07. The molecule has 0 spiro atoms. The van der Waals surface area contributed by atoms with Gasteiger partial charge in [-0.05, 0) is 17.6 Å². The van der Waals surface area contributed by atoms with Gasteiger partial charge in [0.2, 0.25) is 0 Å². The van der Waals surface area contributed by atoms with E-state index in [4.69, 9.17) is 0 Å². The van der Waals surface area contributed by atoms with Crippen LogP contribution in [0.4, 0.5) is 0 Å². The number of hydrogen-bond donors (Lipinski definition) is 1. The van der Waals surface area contributed by atoms with Crippen molar-refractivity contribution in [1.82, 2.24) is 0 Å². The maximum atomic E-state index is 9.69. The third-order valence-electron chi connectivity index (χ3n) is 1.77. The van der Waals surface area contributed by atoms with Crippen LogP contribution in [-0.2, 0) is 0 Å². The molecule has 1 heteroatoms. The molecule has 0 saturated heterocycles. The van der Waals surface area contributed by atoms with Gasteiger partial charge in [-0.1, -0.05) is 43.0 Å². The van der Waals surface area contributed by atoms with E-state index in [1.165, 1.54) is 0 Å². The average molecular weight is 173 g/mol. The molecule has 0 aliphatic heterocycles. The minimum atomic E-state index is 0.250. The van der Waals surface area contributed by atoms with Gasteiger partial charge in [0, 0.05) is 0 Å². The number of benzene rings is 1. The van der Waals surface area contributed by atoms with E-state index in [1.54, 1.807) is 6.08 Å². The Hall–Kier alpha value is -1.34. The van der Waals surface area contributed by atoms with Gasteiger partial charge in [-0.2, -0.15) is 0 Å². The van der Waals surface area contributed by atoms with Crippen LogP contribution in [0, 0.1) is 6.10 Å². The molecular weight excluding hydrogens is 160 g/mol. The number of aliphatic hydroxyl groups is 1. The molecule has 0 saturated carbocycles. The summed E-state index contributed by atoms with van der Waals surface area (Å²) in [4.78, 5) is 0. The zero-order valence-corrected chi connectivity index (χ0v) is 7.53. The Balaban J connectivity index is 2.73. The lowest BCUT2D eigenvalue weighted by Gasteiger charge is -2.10. The standard InChI is InChI=1S/C12H13O/c1-3-7-10(2)12(13)11-8-5-4-6-9-11/h3-6,8-9,13H,1-2,7H2. The molecule has 0 heterocycles. The zero-order chi connectivity index (χ0) is 9.68. The van der Waals surface area contributed by atoms with E-state index in [-0.39, 0.29) is 6.10 Å². The molecule has 1 rings (SSSR count). The summed E-state index contributed by atoms with van der Waals surface area (Å²) in [5.41, 5.74) is 1.50. The molecule has 0 bridgehead atoms. The Labute approximate surface area is 79.0 Å². The van der Waals surface area contributed by atoms with Crippen LogP contribution >= 0.6 is 0 Å². The first-order chi connectivity index (χ1) is 6.25. The van der Waals surface area contributed by atoms with Crippen molar-refractivity contribution in [1.29, 1.82) is 0 Å². The summed E-state index contributed by atoms with van der Waals surface area (Å²) >= 11 is 0. The Morgan fingerprint density at radius 1 is 1.31 bits per heavy atom. The third-order valence-corrected chi connectivity index (χ3v) is 1.77. The number of rotatable bonds is 4. The van der Waals surface area contributed by atoms with E-state index in [2.05, 4.69) is 13.2 Å². The van der Waals surface area contributed by atoms with Gasteiger partial charge in [0.25, 0.3) is 0 Å². The van der Waals surface area contributed by atoms with Crippen molar-refractivity contribution >= 4 is 0 Å². The summed E-state index contributed by atoms with van der Waals surface area (Å²) < 4.78 is 0. The average Bonchev–Trinajstić information content (AvgIpc) is 2.18. The van der Waals surface area contributed by atoms with Crippen LogP contribution in [0.5, 0.6) is 0 Å². The predicted molar refractivity (Wildman–Crippen MR) is 54.7 cm³/mol. The summed E-state index contributed by atoms with van der Waals surface area (Å²) in [6.07, 6.45) is 2.59. The molecule has 0 atom stereocenters. The van der Waals surface area contributed by atoms with E-state index in [1.807, 2.05) is 30.3 Å². The van der Waals surface area contributed by atoms with E-state index < -0.39 is 0 Å². The topological polar surface area (TPSA) is 20.2 Å². The summed E-state index contributed by atoms with van der Waals surface area (Å²) in [5, 5.41) is 9.69. The van der Waals surface area contributed by atoms with Gasteiger partial charge in [0.1, 0.15) is 6.10 Å². The second-order valence-electron chi connectivity index (χ2n) is 2.81. The van der Waals surface area contributed by atoms with Gasteiger partial charge >= 0.3 is 0 Å². The highest BCUT2D eigenvalue weighted by atomic mass is 16.3. The Bertz CT molecular complexity index is 287.